The van der Waals surface area contributed by atoms with Crippen molar-refractivity contribution in [3.63, 3.8) is 0 Å². The molecule has 1 atom stereocenters. The van der Waals surface area contributed by atoms with Crippen molar-refractivity contribution in [1.29, 1.82) is 0 Å². The molecule has 0 spiro atoms. The van der Waals surface area contributed by atoms with Crippen molar-refractivity contribution in [3.05, 3.63) is 18.4 Å². The zero-order valence-corrected chi connectivity index (χ0v) is 16.0. The highest BCUT2D eigenvalue weighted by Crippen LogP contribution is 2.28. The summed E-state index contributed by atoms with van der Waals surface area (Å²) in [7, 11) is 0. The third kappa shape index (κ3) is 3.83. The first-order valence-electron chi connectivity index (χ1n) is 8.32. The number of amides is 1. The number of hydrogen-bond donors (Lipinski definition) is 0. The number of carbonyl (C=O) groups excluding carboxylic acids is 1. The van der Waals surface area contributed by atoms with Crippen LogP contribution in [0.4, 0.5) is 0 Å². The van der Waals surface area contributed by atoms with Gasteiger partial charge in [-0.1, -0.05) is 11.8 Å². The fourth-order valence-corrected chi connectivity index (χ4v) is 3.74. The highest BCUT2D eigenvalue weighted by molar-refractivity contribution is 8.00. The van der Waals surface area contributed by atoms with Crippen molar-refractivity contribution in [3.8, 4) is 11.6 Å². The zero-order chi connectivity index (χ0) is 17.9. The lowest BCUT2D eigenvalue weighted by atomic mass is 10.2. The van der Waals surface area contributed by atoms with Crippen LogP contribution in [-0.4, -0.2) is 42.9 Å². The van der Waals surface area contributed by atoms with Crippen molar-refractivity contribution in [2.45, 2.75) is 70.6 Å². The second-order valence-corrected chi connectivity index (χ2v) is 7.53. The molecule has 0 bridgehead atoms. The Bertz CT molecular complexity index is 656. The van der Waals surface area contributed by atoms with Crippen LogP contribution < -0.4 is 0 Å². The van der Waals surface area contributed by atoms with Crippen LogP contribution in [0.15, 0.2) is 28.0 Å². The van der Waals surface area contributed by atoms with Gasteiger partial charge in [0.1, 0.15) is 0 Å². The second kappa shape index (κ2) is 7.88. The summed E-state index contributed by atoms with van der Waals surface area (Å²) >= 11 is 1.44. The maximum atomic E-state index is 12.8. The zero-order valence-electron chi connectivity index (χ0n) is 15.2. The van der Waals surface area contributed by atoms with E-state index in [2.05, 4.69) is 10.2 Å². The highest BCUT2D eigenvalue weighted by atomic mass is 32.2. The molecule has 6 nitrogen and oxygen atoms in total. The quantitative estimate of drug-likeness (QED) is 0.713. The highest BCUT2D eigenvalue weighted by Gasteiger charge is 2.27. The van der Waals surface area contributed by atoms with Crippen molar-refractivity contribution in [2.24, 2.45) is 0 Å². The summed E-state index contributed by atoms with van der Waals surface area (Å²) in [6.07, 6.45) is 1.62. The summed E-state index contributed by atoms with van der Waals surface area (Å²) < 4.78 is 7.40. The minimum absolute atomic E-state index is 0.121. The Balaban J connectivity index is 2.20. The van der Waals surface area contributed by atoms with Gasteiger partial charge in [0.15, 0.2) is 16.7 Å². The molecule has 1 unspecified atom stereocenters. The third-order valence-corrected chi connectivity index (χ3v) is 4.84. The molecule has 0 fully saturated rings. The lowest BCUT2D eigenvalue weighted by molar-refractivity contribution is -0.133. The minimum Gasteiger partial charge on any atom is -0.461 e. The van der Waals surface area contributed by atoms with Gasteiger partial charge < -0.3 is 9.32 Å². The molecule has 0 aromatic carbocycles. The van der Waals surface area contributed by atoms with Crippen molar-refractivity contribution in [2.75, 3.05) is 0 Å². The number of hydrogen-bond acceptors (Lipinski definition) is 5. The maximum Gasteiger partial charge on any atom is 0.236 e. The van der Waals surface area contributed by atoms with Gasteiger partial charge in [-0.15, -0.1) is 10.2 Å². The second-order valence-electron chi connectivity index (χ2n) is 6.22. The first-order chi connectivity index (χ1) is 11.4. The number of aromatic nitrogens is 3. The van der Waals surface area contributed by atoms with Gasteiger partial charge in [-0.2, -0.15) is 0 Å². The van der Waals surface area contributed by atoms with Gasteiger partial charge in [-0.3, -0.25) is 9.36 Å². The van der Waals surface area contributed by atoms with Crippen LogP contribution in [0.1, 0.15) is 41.5 Å². The van der Waals surface area contributed by atoms with E-state index in [0.29, 0.717) is 18.1 Å². The minimum atomic E-state index is -0.228. The van der Waals surface area contributed by atoms with Crippen LogP contribution in [-0.2, 0) is 11.3 Å². The molecule has 1 amide bonds. The lowest BCUT2D eigenvalue weighted by Gasteiger charge is -2.32. The molecule has 2 rings (SSSR count). The van der Waals surface area contributed by atoms with E-state index in [1.54, 1.807) is 6.26 Å². The predicted octanol–water partition coefficient (Wildman–Crippen LogP) is 3.68. The van der Waals surface area contributed by atoms with E-state index >= 15 is 0 Å². The van der Waals surface area contributed by atoms with E-state index in [1.165, 1.54) is 11.8 Å². The van der Waals surface area contributed by atoms with Crippen LogP contribution in [0.3, 0.4) is 0 Å². The Morgan fingerprint density at radius 3 is 2.42 bits per heavy atom. The van der Waals surface area contributed by atoms with Gasteiger partial charge in [0.25, 0.3) is 0 Å². The molecular weight excluding hydrogens is 324 g/mol. The predicted molar refractivity (Wildman–Crippen MR) is 95.8 cm³/mol. The summed E-state index contributed by atoms with van der Waals surface area (Å²) in [5, 5.41) is 9.00. The maximum absolute atomic E-state index is 12.8. The monoisotopic (exact) mass is 350 g/mol. The Morgan fingerprint density at radius 1 is 1.25 bits per heavy atom. The molecule has 132 valence electrons. The Labute approximate surface area is 147 Å². The van der Waals surface area contributed by atoms with Gasteiger partial charge in [0, 0.05) is 18.6 Å². The molecule has 2 aromatic heterocycles. The normalized spacial score (nSPS) is 12.8. The Kier molecular flexibility index (Phi) is 6.10. The number of thioether (sulfide) groups is 1. The number of nitrogens with zero attached hydrogens (tertiary/aromatic N) is 4. The molecule has 7 heteroatoms. The number of furan rings is 1. The van der Waals surface area contributed by atoms with E-state index in [-0.39, 0.29) is 23.2 Å². The molecule has 0 aliphatic heterocycles. The molecule has 0 N–H and O–H groups in total. The standard InChI is InChI=1S/C17H26N4O2S/c1-7-20-15(14-9-8-10-23-14)18-19-17(20)24-13(6)16(22)21(11(2)3)12(4)5/h8-13H,7H2,1-6H3. The molecule has 0 radical (unpaired) electrons. The summed E-state index contributed by atoms with van der Waals surface area (Å²) in [5.41, 5.74) is 0. The molecule has 24 heavy (non-hydrogen) atoms. The average molecular weight is 350 g/mol. The van der Waals surface area contributed by atoms with E-state index in [9.17, 15) is 4.79 Å². The fraction of sp³-hybridized carbons (Fsp3) is 0.588. The molecule has 2 heterocycles. The molecule has 0 saturated heterocycles. The SMILES string of the molecule is CCn1c(SC(C)C(=O)N(C(C)C)C(C)C)nnc1-c1ccco1. The Hall–Kier alpha value is -1.76. The third-order valence-electron chi connectivity index (χ3n) is 3.77. The van der Waals surface area contributed by atoms with E-state index in [1.807, 2.05) is 63.1 Å². The van der Waals surface area contributed by atoms with E-state index in [4.69, 9.17) is 4.42 Å². The number of carbonyl (C=O) groups is 1. The first kappa shape index (κ1) is 18.6. The van der Waals surface area contributed by atoms with Gasteiger partial charge >= 0.3 is 0 Å². The van der Waals surface area contributed by atoms with Gasteiger partial charge in [0.05, 0.1) is 11.5 Å². The van der Waals surface area contributed by atoms with Crippen molar-refractivity contribution in [1.82, 2.24) is 19.7 Å². The topological polar surface area (TPSA) is 64.2 Å². The molecule has 0 aliphatic carbocycles. The van der Waals surface area contributed by atoms with Crippen LogP contribution in [0.5, 0.6) is 0 Å². The van der Waals surface area contributed by atoms with E-state index in [0.717, 1.165) is 5.16 Å². The van der Waals surface area contributed by atoms with Gasteiger partial charge in [0.2, 0.25) is 5.91 Å². The summed E-state index contributed by atoms with van der Waals surface area (Å²) in [6.45, 7) is 12.8. The van der Waals surface area contributed by atoms with Crippen molar-refractivity contribution >= 4 is 17.7 Å². The summed E-state index contributed by atoms with van der Waals surface area (Å²) in [6, 6.07) is 4.02. The van der Waals surface area contributed by atoms with Crippen LogP contribution in [0.2, 0.25) is 0 Å². The van der Waals surface area contributed by atoms with Crippen molar-refractivity contribution < 1.29 is 9.21 Å². The Morgan fingerprint density at radius 2 is 1.92 bits per heavy atom. The largest absolute Gasteiger partial charge is 0.461 e. The molecule has 0 aliphatic rings. The number of rotatable bonds is 7. The van der Waals surface area contributed by atoms with E-state index < -0.39 is 0 Å². The molecule has 2 aromatic rings. The van der Waals surface area contributed by atoms with Gasteiger partial charge in [-0.25, -0.2) is 0 Å². The average Bonchev–Trinajstić information content (AvgIpc) is 3.14. The smallest absolute Gasteiger partial charge is 0.236 e. The first-order valence-corrected chi connectivity index (χ1v) is 9.20. The molecule has 0 saturated carbocycles. The lowest BCUT2D eigenvalue weighted by Crippen LogP contribution is -2.45. The fourth-order valence-electron chi connectivity index (χ4n) is 2.77. The summed E-state index contributed by atoms with van der Waals surface area (Å²) in [5.74, 6) is 1.49. The summed E-state index contributed by atoms with van der Waals surface area (Å²) in [4.78, 5) is 14.7. The molecular formula is C17H26N4O2S. The van der Waals surface area contributed by atoms with Crippen LogP contribution >= 0.6 is 11.8 Å². The van der Waals surface area contributed by atoms with Gasteiger partial charge in [-0.05, 0) is 53.7 Å². The van der Waals surface area contributed by atoms with Crippen LogP contribution in [0.25, 0.3) is 11.6 Å². The van der Waals surface area contributed by atoms with Crippen LogP contribution in [0, 0.1) is 0 Å².